The van der Waals surface area contributed by atoms with E-state index >= 15 is 0 Å². The smallest absolute Gasteiger partial charge is 0.0764 e. The van der Waals surface area contributed by atoms with Crippen LogP contribution in [-0.2, 0) is 6.42 Å². The normalized spacial score (nSPS) is 11.4. The first-order valence-electron chi connectivity index (χ1n) is 5.73. The quantitative estimate of drug-likeness (QED) is 0.742. The number of hydrogen-bond acceptors (Lipinski definition) is 1. The molecule has 2 aromatic rings. The van der Waals surface area contributed by atoms with Crippen LogP contribution in [0, 0.1) is 12.8 Å². The van der Waals surface area contributed by atoms with Crippen LogP contribution in [0.15, 0.2) is 18.2 Å². The van der Waals surface area contributed by atoms with Gasteiger partial charge in [0.1, 0.15) is 0 Å². The lowest BCUT2D eigenvalue weighted by Crippen LogP contribution is -1.98. The molecule has 0 saturated carbocycles. The first-order valence-corrected chi connectivity index (χ1v) is 6.49. The summed E-state index contributed by atoms with van der Waals surface area (Å²) in [4.78, 5) is 4.67. The topological polar surface area (TPSA) is 12.9 Å². The minimum absolute atomic E-state index is 0.565. The van der Waals surface area contributed by atoms with Crippen molar-refractivity contribution in [3.63, 3.8) is 0 Å². The van der Waals surface area contributed by atoms with E-state index < -0.39 is 0 Å². The summed E-state index contributed by atoms with van der Waals surface area (Å²) in [6.07, 6.45) is 0.932. The van der Waals surface area contributed by atoms with Gasteiger partial charge in [-0.3, -0.25) is 4.98 Å². The lowest BCUT2D eigenvalue weighted by atomic mass is 10.1. The molecule has 0 radical (unpaired) electrons. The zero-order chi connectivity index (χ0) is 12.6. The van der Waals surface area contributed by atoms with E-state index in [1.54, 1.807) is 0 Å². The molecule has 0 atom stereocenters. The third-order valence-corrected chi connectivity index (χ3v) is 3.51. The number of benzene rings is 1. The van der Waals surface area contributed by atoms with Crippen LogP contribution in [-0.4, -0.2) is 4.98 Å². The summed E-state index contributed by atoms with van der Waals surface area (Å²) in [5.41, 5.74) is 2.94. The van der Waals surface area contributed by atoms with Crippen molar-refractivity contribution in [1.29, 1.82) is 0 Å². The van der Waals surface area contributed by atoms with E-state index in [9.17, 15) is 0 Å². The SMILES string of the molecule is Cc1c(Cl)ccc2c(Cl)cc(CC(C)C)nc12. The van der Waals surface area contributed by atoms with Gasteiger partial charge in [0.15, 0.2) is 0 Å². The predicted molar refractivity (Wildman–Crippen MR) is 75.0 cm³/mol. The van der Waals surface area contributed by atoms with Crippen LogP contribution in [0.25, 0.3) is 10.9 Å². The van der Waals surface area contributed by atoms with Crippen molar-refractivity contribution >= 4 is 34.1 Å². The number of rotatable bonds is 2. The minimum atomic E-state index is 0.565. The molecule has 0 aliphatic carbocycles. The molecule has 0 bridgehead atoms. The van der Waals surface area contributed by atoms with Gasteiger partial charge < -0.3 is 0 Å². The molecular formula is C14H15Cl2N. The zero-order valence-corrected chi connectivity index (χ0v) is 11.7. The van der Waals surface area contributed by atoms with Crippen molar-refractivity contribution in [2.75, 3.05) is 0 Å². The Morgan fingerprint density at radius 3 is 2.53 bits per heavy atom. The maximum atomic E-state index is 6.29. The van der Waals surface area contributed by atoms with Crippen molar-refractivity contribution in [2.45, 2.75) is 27.2 Å². The van der Waals surface area contributed by atoms with E-state index in [0.717, 1.165) is 38.6 Å². The molecule has 3 heteroatoms. The Kier molecular flexibility index (Phi) is 3.60. The number of halogens is 2. The second-order valence-corrected chi connectivity index (χ2v) is 5.58. The van der Waals surface area contributed by atoms with Crippen LogP contribution in [0.3, 0.4) is 0 Å². The fraction of sp³-hybridized carbons (Fsp3) is 0.357. The molecule has 0 saturated heterocycles. The van der Waals surface area contributed by atoms with Gasteiger partial charge in [-0.2, -0.15) is 0 Å². The molecule has 0 aliphatic rings. The fourth-order valence-corrected chi connectivity index (χ4v) is 2.37. The molecule has 1 aromatic carbocycles. The molecule has 0 fully saturated rings. The minimum Gasteiger partial charge on any atom is -0.252 e. The summed E-state index contributed by atoms with van der Waals surface area (Å²) >= 11 is 12.4. The second-order valence-electron chi connectivity index (χ2n) is 4.76. The van der Waals surface area contributed by atoms with Gasteiger partial charge in [0.2, 0.25) is 0 Å². The molecule has 0 amide bonds. The number of aryl methyl sites for hydroxylation is 1. The Morgan fingerprint density at radius 2 is 1.88 bits per heavy atom. The van der Waals surface area contributed by atoms with Gasteiger partial charge in [-0.15, -0.1) is 0 Å². The monoisotopic (exact) mass is 267 g/mol. The Bertz CT molecular complexity index is 562. The maximum absolute atomic E-state index is 6.29. The summed E-state index contributed by atoms with van der Waals surface area (Å²) < 4.78 is 0. The number of pyridine rings is 1. The van der Waals surface area contributed by atoms with Gasteiger partial charge >= 0.3 is 0 Å². The van der Waals surface area contributed by atoms with E-state index in [1.807, 2.05) is 25.1 Å². The van der Waals surface area contributed by atoms with Crippen LogP contribution < -0.4 is 0 Å². The third-order valence-electron chi connectivity index (χ3n) is 2.79. The Morgan fingerprint density at radius 1 is 1.18 bits per heavy atom. The molecular weight excluding hydrogens is 253 g/mol. The van der Waals surface area contributed by atoms with Crippen LogP contribution in [0.1, 0.15) is 25.1 Å². The van der Waals surface area contributed by atoms with Crippen molar-refractivity contribution < 1.29 is 0 Å². The van der Waals surface area contributed by atoms with E-state index in [-0.39, 0.29) is 0 Å². The van der Waals surface area contributed by atoms with E-state index in [0.29, 0.717) is 5.92 Å². The average Bonchev–Trinajstić information content (AvgIpc) is 2.23. The number of hydrogen-bond donors (Lipinski definition) is 0. The molecule has 17 heavy (non-hydrogen) atoms. The zero-order valence-electron chi connectivity index (χ0n) is 10.2. The molecule has 90 valence electrons. The van der Waals surface area contributed by atoms with Crippen LogP contribution in [0.5, 0.6) is 0 Å². The predicted octanol–water partition coefficient (Wildman–Crippen LogP) is 5.05. The summed E-state index contributed by atoms with van der Waals surface area (Å²) in [6.45, 7) is 6.32. The lowest BCUT2D eigenvalue weighted by Gasteiger charge is -2.10. The second kappa shape index (κ2) is 4.83. The van der Waals surface area contributed by atoms with Crippen molar-refractivity contribution in [3.05, 3.63) is 39.5 Å². The molecule has 0 aliphatic heterocycles. The average molecular weight is 268 g/mol. The number of aromatic nitrogens is 1. The maximum Gasteiger partial charge on any atom is 0.0764 e. The highest BCUT2D eigenvalue weighted by atomic mass is 35.5. The third kappa shape index (κ3) is 2.56. The summed E-state index contributed by atoms with van der Waals surface area (Å²) in [5, 5.41) is 2.47. The molecule has 0 unspecified atom stereocenters. The number of nitrogens with zero attached hydrogens (tertiary/aromatic N) is 1. The fourth-order valence-electron chi connectivity index (χ4n) is 1.94. The lowest BCUT2D eigenvalue weighted by molar-refractivity contribution is 0.637. The first kappa shape index (κ1) is 12.7. The first-order chi connectivity index (χ1) is 7.99. The largest absolute Gasteiger partial charge is 0.252 e. The molecule has 2 rings (SSSR count). The summed E-state index contributed by atoms with van der Waals surface area (Å²) in [5.74, 6) is 0.565. The molecule has 1 heterocycles. The Balaban J connectivity index is 2.66. The van der Waals surface area contributed by atoms with E-state index in [1.165, 1.54) is 0 Å². The van der Waals surface area contributed by atoms with Crippen LogP contribution >= 0.6 is 23.2 Å². The summed E-state index contributed by atoms with van der Waals surface area (Å²) in [7, 11) is 0. The van der Waals surface area contributed by atoms with Gasteiger partial charge in [-0.05, 0) is 43.0 Å². The van der Waals surface area contributed by atoms with Crippen molar-refractivity contribution in [3.8, 4) is 0 Å². The van der Waals surface area contributed by atoms with Gasteiger partial charge in [0, 0.05) is 16.1 Å². The highest BCUT2D eigenvalue weighted by molar-refractivity contribution is 6.36. The highest BCUT2D eigenvalue weighted by Crippen LogP contribution is 2.29. The Hall–Kier alpha value is -0.790. The van der Waals surface area contributed by atoms with Gasteiger partial charge in [0.25, 0.3) is 0 Å². The molecule has 0 N–H and O–H groups in total. The van der Waals surface area contributed by atoms with Gasteiger partial charge in [0.05, 0.1) is 10.5 Å². The van der Waals surface area contributed by atoms with E-state index in [4.69, 9.17) is 23.2 Å². The number of fused-ring (bicyclic) bond motifs is 1. The van der Waals surface area contributed by atoms with Gasteiger partial charge in [-0.25, -0.2) is 0 Å². The van der Waals surface area contributed by atoms with E-state index in [2.05, 4.69) is 18.8 Å². The van der Waals surface area contributed by atoms with Crippen molar-refractivity contribution in [1.82, 2.24) is 4.98 Å². The van der Waals surface area contributed by atoms with Gasteiger partial charge in [-0.1, -0.05) is 37.0 Å². The standard InChI is InChI=1S/C14H15Cl2N/c1-8(2)6-10-7-13(16)11-4-5-12(15)9(3)14(11)17-10/h4-5,7-8H,6H2,1-3H3. The summed E-state index contributed by atoms with van der Waals surface area (Å²) in [6, 6.07) is 5.76. The Labute approximate surface area is 112 Å². The molecule has 1 nitrogen and oxygen atoms in total. The molecule has 0 spiro atoms. The highest BCUT2D eigenvalue weighted by Gasteiger charge is 2.09. The van der Waals surface area contributed by atoms with Crippen LogP contribution in [0.2, 0.25) is 10.0 Å². The van der Waals surface area contributed by atoms with Crippen molar-refractivity contribution in [2.24, 2.45) is 5.92 Å². The van der Waals surface area contributed by atoms with Crippen LogP contribution in [0.4, 0.5) is 0 Å². The molecule has 1 aromatic heterocycles.